The minimum absolute atomic E-state index is 0.0191. The van der Waals surface area contributed by atoms with E-state index in [9.17, 15) is 24.0 Å². The number of benzene rings is 1. The van der Waals surface area contributed by atoms with Crippen molar-refractivity contribution in [2.75, 3.05) is 11.2 Å². The second kappa shape index (κ2) is 6.04. The highest BCUT2D eigenvalue weighted by molar-refractivity contribution is 6.30. The molecule has 0 saturated carbocycles. The van der Waals surface area contributed by atoms with Gasteiger partial charge in [0.05, 0.1) is 16.8 Å². The van der Waals surface area contributed by atoms with Crippen LogP contribution in [0.15, 0.2) is 18.2 Å². The molecule has 9 heteroatoms. The number of anilines is 1. The van der Waals surface area contributed by atoms with Gasteiger partial charge in [-0.3, -0.25) is 34.2 Å². The summed E-state index contributed by atoms with van der Waals surface area (Å²) in [6.07, 6.45) is 0.110. The Hall–Kier alpha value is -2.74. The predicted molar refractivity (Wildman–Crippen MR) is 82.5 cm³/mol. The molecule has 1 aromatic carbocycles. The summed E-state index contributed by atoms with van der Waals surface area (Å²) in [7, 11) is 0. The second-order valence-corrected chi connectivity index (χ2v) is 5.62. The molecular weight excluding hydrogens is 338 g/mol. The van der Waals surface area contributed by atoms with Gasteiger partial charge in [-0.15, -0.1) is 11.6 Å². The number of fused-ring (bicyclic) bond motifs is 1. The molecule has 124 valence electrons. The number of alkyl halides is 1. The van der Waals surface area contributed by atoms with Crippen LogP contribution in [0.2, 0.25) is 0 Å². The van der Waals surface area contributed by atoms with E-state index in [1.807, 2.05) is 0 Å². The van der Waals surface area contributed by atoms with Crippen molar-refractivity contribution in [3.05, 3.63) is 29.3 Å². The van der Waals surface area contributed by atoms with Crippen LogP contribution in [0, 0.1) is 0 Å². The van der Waals surface area contributed by atoms with Gasteiger partial charge in [0.2, 0.25) is 17.7 Å². The molecule has 24 heavy (non-hydrogen) atoms. The molecule has 1 unspecified atom stereocenters. The van der Waals surface area contributed by atoms with Gasteiger partial charge in [0.1, 0.15) is 11.9 Å². The SMILES string of the molecule is O=C1CCC(N2C(=O)c3cccc(NC(=O)CCl)c3C2=O)C(=O)N1. The third-order valence-electron chi connectivity index (χ3n) is 3.86. The molecule has 0 spiro atoms. The smallest absolute Gasteiger partial charge is 0.264 e. The van der Waals surface area contributed by atoms with Crippen molar-refractivity contribution in [2.24, 2.45) is 0 Å². The number of nitrogens with zero attached hydrogens (tertiary/aromatic N) is 1. The first-order valence-electron chi connectivity index (χ1n) is 7.14. The first-order chi connectivity index (χ1) is 11.4. The van der Waals surface area contributed by atoms with E-state index in [1.165, 1.54) is 18.2 Å². The van der Waals surface area contributed by atoms with Gasteiger partial charge in [-0.05, 0) is 18.6 Å². The van der Waals surface area contributed by atoms with Crippen LogP contribution in [-0.2, 0) is 14.4 Å². The molecule has 1 fully saturated rings. The first-order valence-corrected chi connectivity index (χ1v) is 7.68. The number of amides is 5. The van der Waals surface area contributed by atoms with Gasteiger partial charge in [-0.25, -0.2) is 0 Å². The van der Waals surface area contributed by atoms with E-state index < -0.39 is 35.6 Å². The Labute approximate surface area is 141 Å². The van der Waals surface area contributed by atoms with Crippen LogP contribution in [0.1, 0.15) is 33.6 Å². The average molecular weight is 350 g/mol. The van der Waals surface area contributed by atoms with Crippen LogP contribution < -0.4 is 10.6 Å². The molecule has 2 heterocycles. The maximum absolute atomic E-state index is 12.7. The summed E-state index contributed by atoms with van der Waals surface area (Å²) in [6, 6.07) is 3.38. The standard InChI is InChI=1S/C15H12ClN3O5/c16-6-11(21)17-8-3-1-2-7-12(8)15(24)19(14(7)23)9-4-5-10(20)18-13(9)22/h1-3,9H,4-6H2,(H,17,21)(H,18,20,22). The fraction of sp³-hybridized carbons (Fsp3) is 0.267. The Kier molecular flexibility index (Phi) is 4.06. The zero-order valence-electron chi connectivity index (χ0n) is 12.3. The number of rotatable bonds is 3. The molecule has 1 saturated heterocycles. The summed E-state index contributed by atoms with van der Waals surface area (Å²) in [5.41, 5.74) is 0.272. The Morgan fingerprint density at radius 2 is 2.00 bits per heavy atom. The van der Waals surface area contributed by atoms with E-state index in [2.05, 4.69) is 10.6 Å². The van der Waals surface area contributed by atoms with Crippen molar-refractivity contribution in [3.8, 4) is 0 Å². The topological polar surface area (TPSA) is 113 Å². The van der Waals surface area contributed by atoms with Crippen LogP contribution >= 0.6 is 11.6 Å². The monoisotopic (exact) mass is 349 g/mol. The molecule has 3 rings (SSSR count). The van der Waals surface area contributed by atoms with Crippen molar-refractivity contribution in [2.45, 2.75) is 18.9 Å². The normalized spacial score (nSPS) is 20.0. The Balaban J connectivity index is 1.97. The third-order valence-corrected chi connectivity index (χ3v) is 4.11. The zero-order chi connectivity index (χ0) is 17.4. The number of hydrogen-bond acceptors (Lipinski definition) is 5. The van der Waals surface area contributed by atoms with Crippen LogP contribution in [0.5, 0.6) is 0 Å². The molecule has 2 aliphatic rings. The number of hydrogen-bond donors (Lipinski definition) is 2. The molecule has 1 atom stereocenters. The number of halogens is 1. The highest BCUT2D eigenvalue weighted by atomic mass is 35.5. The van der Waals surface area contributed by atoms with Crippen molar-refractivity contribution >= 4 is 46.8 Å². The minimum Gasteiger partial charge on any atom is -0.324 e. The summed E-state index contributed by atoms with van der Waals surface area (Å²) in [5.74, 6) is -3.27. The molecular formula is C15H12ClN3O5. The van der Waals surface area contributed by atoms with Gasteiger partial charge in [0.15, 0.2) is 0 Å². The van der Waals surface area contributed by atoms with Crippen LogP contribution in [0.25, 0.3) is 0 Å². The summed E-state index contributed by atoms with van der Waals surface area (Å²) in [5, 5.41) is 4.58. The van der Waals surface area contributed by atoms with Gasteiger partial charge in [0.25, 0.3) is 11.8 Å². The third kappa shape index (κ3) is 2.54. The Bertz CT molecular complexity index is 791. The fourth-order valence-electron chi connectivity index (χ4n) is 2.80. The van der Waals surface area contributed by atoms with E-state index in [-0.39, 0.29) is 35.5 Å². The van der Waals surface area contributed by atoms with E-state index >= 15 is 0 Å². The lowest BCUT2D eigenvalue weighted by molar-refractivity contribution is -0.136. The van der Waals surface area contributed by atoms with Gasteiger partial charge in [-0.1, -0.05) is 6.07 Å². The van der Waals surface area contributed by atoms with Crippen molar-refractivity contribution in [3.63, 3.8) is 0 Å². The zero-order valence-corrected chi connectivity index (χ0v) is 13.1. The Morgan fingerprint density at radius 3 is 2.67 bits per heavy atom. The number of carbonyl (C=O) groups is 5. The molecule has 2 aliphatic heterocycles. The molecule has 1 aromatic rings. The molecule has 0 radical (unpaired) electrons. The first kappa shape index (κ1) is 16.1. The number of imide groups is 2. The lowest BCUT2D eigenvalue weighted by Gasteiger charge is -2.27. The summed E-state index contributed by atoms with van der Waals surface area (Å²) >= 11 is 5.44. The molecule has 0 aliphatic carbocycles. The van der Waals surface area contributed by atoms with Crippen molar-refractivity contribution in [1.82, 2.24) is 10.2 Å². The number of nitrogens with one attached hydrogen (secondary N) is 2. The van der Waals surface area contributed by atoms with Gasteiger partial charge >= 0.3 is 0 Å². The number of piperidine rings is 1. The minimum atomic E-state index is -1.05. The fourth-order valence-corrected chi connectivity index (χ4v) is 2.87. The maximum Gasteiger partial charge on any atom is 0.264 e. The van der Waals surface area contributed by atoms with E-state index in [0.29, 0.717) is 0 Å². The lowest BCUT2D eigenvalue weighted by Crippen LogP contribution is -2.54. The highest BCUT2D eigenvalue weighted by Gasteiger charge is 2.45. The van der Waals surface area contributed by atoms with Crippen molar-refractivity contribution < 1.29 is 24.0 Å². The predicted octanol–water partition coefficient (Wildman–Crippen LogP) is 0.265. The van der Waals surface area contributed by atoms with Gasteiger partial charge in [-0.2, -0.15) is 0 Å². The largest absolute Gasteiger partial charge is 0.324 e. The highest BCUT2D eigenvalue weighted by Crippen LogP contribution is 2.32. The molecule has 0 aromatic heterocycles. The summed E-state index contributed by atoms with van der Waals surface area (Å²) in [4.78, 5) is 60.8. The Morgan fingerprint density at radius 1 is 1.25 bits per heavy atom. The second-order valence-electron chi connectivity index (χ2n) is 5.36. The van der Waals surface area contributed by atoms with E-state index in [0.717, 1.165) is 4.90 Å². The van der Waals surface area contributed by atoms with E-state index in [1.54, 1.807) is 0 Å². The van der Waals surface area contributed by atoms with E-state index in [4.69, 9.17) is 11.6 Å². The summed E-state index contributed by atoms with van der Waals surface area (Å²) < 4.78 is 0. The molecule has 0 bridgehead atoms. The van der Waals surface area contributed by atoms with Crippen LogP contribution in [0.4, 0.5) is 5.69 Å². The van der Waals surface area contributed by atoms with Gasteiger partial charge < -0.3 is 5.32 Å². The summed E-state index contributed by atoms with van der Waals surface area (Å²) in [6.45, 7) is 0. The van der Waals surface area contributed by atoms with Crippen molar-refractivity contribution in [1.29, 1.82) is 0 Å². The maximum atomic E-state index is 12.7. The average Bonchev–Trinajstić information content (AvgIpc) is 2.80. The molecule has 8 nitrogen and oxygen atoms in total. The van der Waals surface area contributed by atoms with Crippen LogP contribution in [0.3, 0.4) is 0 Å². The quantitative estimate of drug-likeness (QED) is 0.600. The molecule has 5 amide bonds. The number of carbonyl (C=O) groups excluding carboxylic acids is 5. The molecule has 2 N–H and O–H groups in total. The van der Waals surface area contributed by atoms with Crippen LogP contribution in [-0.4, -0.2) is 46.4 Å². The van der Waals surface area contributed by atoms with Gasteiger partial charge in [0, 0.05) is 6.42 Å². The lowest BCUT2D eigenvalue weighted by atomic mass is 10.0.